The van der Waals surface area contributed by atoms with Crippen LogP contribution in [0.2, 0.25) is 20.1 Å². The summed E-state index contributed by atoms with van der Waals surface area (Å²) >= 11 is 24.8. The van der Waals surface area contributed by atoms with Gasteiger partial charge in [-0.2, -0.15) is 5.10 Å². The van der Waals surface area contributed by atoms with Gasteiger partial charge in [0.2, 0.25) is 0 Å². The highest BCUT2D eigenvalue weighted by molar-refractivity contribution is 6.37. The van der Waals surface area contributed by atoms with Gasteiger partial charge in [0.05, 0.1) is 22.3 Å². The molecule has 0 saturated carbocycles. The molecule has 0 aliphatic carbocycles. The van der Waals surface area contributed by atoms with E-state index in [2.05, 4.69) is 5.16 Å². The van der Waals surface area contributed by atoms with E-state index in [0.29, 0.717) is 37.9 Å². The number of halogens is 4. The molecule has 1 atom stereocenters. The van der Waals surface area contributed by atoms with Gasteiger partial charge in [0.1, 0.15) is 0 Å². The molecule has 0 fully saturated rings. The Balaban J connectivity index is 1.65. The van der Waals surface area contributed by atoms with Crippen LogP contribution in [0.15, 0.2) is 77.0 Å². The standard InChI is InChI=1S/C24H17Cl4N3O2/c1-14(30-33-24(32)15-6-8-16(25)9-7-15)31-23(19-4-2-3-5-20(19)27)13-22(29-31)18-11-10-17(26)12-21(18)28/h2-12,23H,13H2,1H3/b30-14+. The fourth-order valence-electron chi connectivity index (χ4n) is 3.47. The molecule has 0 saturated heterocycles. The second-order valence-electron chi connectivity index (χ2n) is 7.28. The molecule has 0 radical (unpaired) electrons. The Labute approximate surface area is 211 Å². The van der Waals surface area contributed by atoms with Crippen molar-refractivity contribution in [3.8, 4) is 0 Å². The highest BCUT2D eigenvalue weighted by Gasteiger charge is 2.33. The number of carbonyl (C=O) groups excluding carboxylic acids is 1. The number of nitrogens with zero attached hydrogens (tertiary/aromatic N) is 3. The van der Waals surface area contributed by atoms with Crippen LogP contribution in [0, 0.1) is 0 Å². The first-order chi connectivity index (χ1) is 15.8. The summed E-state index contributed by atoms with van der Waals surface area (Å²) in [4.78, 5) is 17.5. The average Bonchev–Trinajstić information content (AvgIpc) is 3.23. The van der Waals surface area contributed by atoms with Gasteiger partial charge in [-0.3, -0.25) is 0 Å². The number of benzene rings is 3. The van der Waals surface area contributed by atoms with Gasteiger partial charge in [-0.1, -0.05) is 75.8 Å². The van der Waals surface area contributed by atoms with E-state index in [1.165, 1.54) is 0 Å². The van der Waals surface area contributed by atoms with Crippen molar-refractivity contribution in [2.24, 2.45) is 10.3 Å². The van der Waals surface area contributed by atoms with E-state index in [1.807, 2.05) is 30.3 Å². The number of hydrogen-bond acceptors (Lipinski definition) is 4. The van der Waals surface area contributed by atoms with Gasteiger partial charge in [-0.25, -0.2) is 9.80 Å². The van der Waals surface area contributed by atoms with Gasteiger partial charge in [0.15, 0.2) is 5.84 Å². The Hall–Kier alpha value is -2.57. The zero-order valence-electron chi connectivity index (χ0n) is 17.3. The summed E-state index contributed by atoms with van der Waals surface area (Å²) in [6.45, 7) is 1.70. The van der Waals surface area contributed by atoms with Gasteiger partial charge in [-0.05, 0) is 55.0 Å². The van der Waals surface area contributed by atoms with Crippen LogP contribution in [0.3, 0.4) is 0 Å². The molecule has 1 heterocycles. The van der Waals surface area contributed by atoms with Crippen molar-refractivity contribution < 1.29 is 9.63 Å². The molecule has 0 N–H and O–H groups in total. The molecule has 0 aromatic heterocycles. The predicted octanol–water partition coefficient (Wildman–Crippen LogP) is 7.64. The number of rotatable bonds is 4. The van der Waals surface area contributed by atoms with Crippen LogP contribution in [0.25, 0.3) is 0 Å². The van der Waals surface area contributed by atoms with Gasteiger partial charge < -0.3 is 4.84 Å². The molecule has 0 bridgehead atoms. The smallest absolute Gasteiger partial charge is 0.311 e. The first-order valence-corrected chi connectivity index (χ1v) is 11.4. The second kappa shape index (κ2) is 10.1. The van der Waals surface area contributed by atoms with Gasteiger partial charge in [0, 0.05) is 27.1 Å². The summed E-state index contributed by atoms with van der Waals surface area (Å²) in [6.07, 6.45) is 0.517. The Morgan fingerprint density at radius 3 is 2.36 bits per heavy atom. The number of hydrogen-bond donors (Lipinski definition) is 0. The lowest BCUT2D eigenvalue weighted by molar-refractivity contribution is 0.0508. The van der Waals surface area contributed by atoms with Crippen molar-refractivity contribution in [1.29, 1.82) is 0 Å². The first kappa shape index (κ1) is 23.6. The molecular formula is C24H17Cl4N3O2. The van der Waals surface area contributed by atoms with E-state index in [0.717, 1.165) is 16.8 Å². The van der Waals surface area contributed by atoms with Crippen LogP contribution < -0.4 is 0 Å². The molecule has 1 aliphatic rings. The van der Waals surface area contributed by atoms with E-state index in [9.17, 15) is 4.79 Å². The van der Waals surface area contributed by atoms with E-state index in [-0.39, 0.29) is 6.04 Å². The third kappa shape index (κ3) is 5.33. The molecule has 3 aromatic carbocycles. The molecule has 5 nitrogen and oxygen atoms in total. The molecule has 3 aromatic rings. The normalized spacial score (nSPS) is 16.0. The maximum Gasteiger partial charge on any atom is 0.365 e. The van der Waals surface area contributed by atoms with Crippen LogP contribution in [0.4, 0.5) is 0 Å². The zero-order valence-corrected chi connectivity index (χ0v) is 20.3. The van der Waals surface area contributed by atoms with E-state index >= 15 is 0 Å². The fourth-order valence-corrected chi connectivity index (χ4v) is 4.38. The van der Waals surface area contributed by atoms with Crippen LogP contribution in [-0.2, 0) is 4.84 Å². The molecular weight excluding hydrogens is 504 g/mol. The first-order valence-electron chi connectivity index (χ1n) is 9.91. The molecule has 0 spiro atoms. The lowest BCUT2D eigenvalue weighted by Gasteiger charge is -2.23. The monoisotopic (exact) mass is 519 g/mol. The average molecular weight is 521 g/mol. The topological polar surface area (TPSA) is 54.3 Å². The lowest BCUT2D eigenvalue weighted by Crippen LogP contribution is -2.25. The molecule has 4 rings (SSSR count). The van der Waals surface area contributed by atoms with Crippen molar-refractivity contribution in [1.82, 2.24) is 5.01 Å². The summed E-state index contributed by atoms with van der Waals surface area (Å²) in [5.41, 5.74) is 2.69. The summed E-state index contributed by atoms with van der Waals surface area (Å²) in [7, 11) is 0. The Morgan fingerprint density at radius 2 is 1.67 bits per heavy atom. The predicted molar refractivity (Wildman–Crippen MR) is 134 cm³/mol. The van der Waals surface area contributed by atoms with Crippen molar-refractivity contribution in [2.75, 3.05) is 0 Å². The van der Waals surface area contributed by atoms with E-state index < -0.39 is 5.97 Å². The molecule has 1 unspecified atom stereocenters. The molecule has 9 heteroatoms. The third-order valence-electron chi connectivity index (χ3n) is 5.09. The molecule has 0 amide bonds. The Morgan fingerprint density at radius 1 is 0.970 bits per heavy atom. The van der Waals surface area contributed by atoms with Gasteiger partial charge in [-0.15, -0.1) is 0 Å². The minimum atomic E-state index is -0.607. The highest BCUT2D eigenvalue weighted by atomic mass is 35.5. The van der Waals surface area contributed by atoms with E-state index in [1.54, 1.807) is 48.3 Å². The zero-order chi connectivity index (χ0) is 23.5. The third-order valence-corrected chi connectivity index (χ3v) is 6.23. The fraction of sp³-hybridized carbons (Fsp3) is 0.125. The van der Waals surface area contributed by atoms with Crippen molar-refractivity contribution >= 4 is 63.9 Å². The van der Waals surface area contributed by atoms with E-state index in [4.69, 9.17) is 56.3 Å². The minimum absolute atomic E-state index is 0.265. The summed E-state index contributed by atoms with van der Waals surface area (Å²) < 4.78 is 0. The van der Waals surface area contributed by atoms with Crippen LogP contribution >= 0.6 is 46.4 Å². The summed E-state index contributed by atoms with van der Waals surface area (Å²) in [5, 5.41) is 12.6. The SMILES string of the molecule is C/C(=N\OC(=O)c1ccc(Cl)cc1)N1N=C(c2ccc(Cl)cc2Cl)CC1c1ccccc1Cl. The number of carbonyl (C=O) groups is 1. The number of hydrazone groups is 1. The van der Waals surface area contributed by atoms with Crippen molar-refractivity contribution in [3.63, 3.8) is 0 Å². The minimum Gasteiger partial charge on any atom is -0.311 e. The molecule has 33 heavy (non-hydrogen) atoms. The number of amidine groups is 1. The van der Waals surface area contributed by atoms with Crippen LogP contribution in [0.5, 0.6) is 0 Å². The van der Waals surface area contributed by atoms with Gasteiger partial charge in [0.25, 0.3) is 0 Å². The summed E-state index contributed by atoms with van der Waals surface area (Å²) in [5.74, 6) is -0.230. The highest BCUT2D eigenvalue weighted by Crippen LogP contribution is 2.38. The summed E-state index contributed by atoms with van der Waals surface area (Å²) in [6, 6.07) is 18.8. The maximum absolute atomic E-state index is 12.4. The van der Waals surface area contributed by atoms with Crippen LogP contribution in [0.1, 0.15) is 40.9 Å². The molecule has 168 valence electrons. The quantitative estimate of drug-likeness (QED) is 0.154. The largest absolute Gasteiger partial charge is 0.365 e. The maximum atomic E-state index is 12.4. The molecule has 1 aliphatic heterocycles. The Bertz CT molecular complexity index is 1260. The van der Waals surface area contributed by atoms with Crippen molar-refractivity contribution in [2.45, 2.75) is 19.4 Å². The Kier molecular flexibility index (Phi) is 7.25. The van der Waals surface area contributed by atoms with Crippen LogP contribution in [-0.4, -0.2) is 22.5 Å². The van der Waals surface area contributed by atoms with Crippen molar-refractivity contribution in [3.05, 3.63) is 104 Å². The van der Waals surface area contributed by atoms with Gasteiger partial charge >= 0.3 is 5.97 Å². The number of oxime groups is 1. The lowest BCUT2D eigenvalue weighted by atomic mass is 9.98. The second-order valence-corrected chi connectivity index (χ2v) is 8.97.